The Hall–Kier alpha value is -3.40. The van der Waals surface area contributed by atoms with Crippen LogP contribution in [0.3, 0.4) is 0 Å². The van der Waals surface area contributed by atoms with Crippen LogP contribution in [0.15, 0.2) is 75.6 Å². The molecule has 0 fully saturated rings. The Balaban J connectivity index is 1.86. The molecular weight excluding hydrogens is 314 g/mol. The van der Waals surface area contributed by atoms with Crippen LogP contribution in [-0.2, 0) is 0 Å². The van der Waals surface area contributed by atoms with E-state index in [-0.39, 0.29) is 11.7 Å². The van der Waals surface area contributed by atoms with Gasteiger partial charge in [0.2, 0.25) is 5.89 Å². The van der Waals surface area contributed by atoms with Gasteiger partial charge < -0.3 is 8.83 Å². The van der Waals surface area contributed by atoms with Crippen molar-refractivity contribution in [3.8, 4) is 0 Å². The Morgan fingerprint density at radius 3 is 2.40 bits per heavy atom. The fourth-order valence-corrected chi connectivity index (χ4v) is 2.63. The third kappa shape index (κ3) is 3.02. The lowest BCUT2D eigenvalue weighted by Gasteiger charge is -2.02. The van der Waals surface area contributed by atoms with E-state index in [1.54, 1.807) is 18.2 Å². The molecule has 2 aromatic carbocycles. The highest BCUT2D eigenvalue weighted by Gasteiger charge is 2.20. The molecule has 0 radical (unpaired) electrons. The molecular formula is C21H15NO3. The third-order valence-corrected chi connectivity index (χ3v) is 3.85. The normalized spacial score (nSPS) is 11.8. The number of oxazole rings is 1. The fraction of sp³-hybridized carbons (Fsp3) is 0.0476. The predicted molar refractivity (Wildman–Crippen MR) is 96.1 cm³/mol. The van der Waals surface area contributed by atoms with Crippen LogP contribution in [0, 0.1) is 6.92 Å². The number of nitrogens with zero attached hydrogens (tertiary/aromatic N) is 1. The van der Waals surface area contributed by atoms with Crippen LogP contribution < -0.4 is 0 Å². The number of furan rings is 1. The zero-order chi connectivity index (χ0) is 17.2. The Morgan fingerprint density at radius 2 is 1.68 bits per heavy atom. The summed E-state index contributed by atoms with van der Waals surface area (Å²) in [4.78, 5) is 17.5. The van der Waals surface area contributed by atoms with Gasteiger partial charge in [0.15, 0.2) is 11.4 Å². The molecule has 0 unspecified atom stereocenters. The van der Waals surface area contributed by atoms with Crippen LogP contribution in [0.1, 0.15) is 27.8 Å². The molecule has 122 valence electrons. The van der Waals surface area contributed by atoms with Crippen molar-refractivity contribution in [1.29, 1.82) is 0 Å². The lowest BCUT2D eigenvalue weighted by molar-refractivity contribution is 0.105. The number of aromatic nitrogens is 1. The molecule has 0 saturated carbocycles. The standard InChI is InChI=1S/C21H15NO3/c1-14-11-12-16(24-14)13-17(20(23)15-7-3-2-4-8-15)21-22-18-9-5-6-10-19(18)25-21/h2-13H,1H3/b17-13-. The molecule has 0 atom stereocenters. The summed E-state index contributed by atoms with van der Waals surface area (Å²) in [6.45, 7) is 1.86. The zero-order valence-electron chi connectivity index (χ0n) is 13.6. The van der Waals surface area contributed by atoms with Crippen molar-refractivity contribution in [1.82, 2.24) is 4.98 Å². The molecule has 4 aromatic rings. The molecule has 0 aliphatic heterocycles. The predicted octanol–water partition coefficient (Wildman–Crippen LogP) is 5.15. The molecule has 0 aliphatic carbocycles. The molecule has 0 amide bonds. The van der Waals surface area contributed by atoms with Gasteiger partial charge in [-0.25, -0.2) is 4.98 Å². The van der Waals surface area contributed by atoms with Crippen LogP contribution in [0.25, 0.3) is 22.7 Å². The summed E-state index contributed by atoms with van der Waals surface area (Å²) >= 11 is 0. The van der Waals surface area contributed by atoms with Gasteiger partial charge in [-0.15, -0.1) is 0 Å². The van der Waals surface area contributed by atoms with Crippen molar-refractivity contribution in [3.05, 3.63) is 89.7 Å². The number of rotatable bonds is 4. The summed E-state index contributed by atoms with van der Waals surface area (Å²) in [5.41, 5.74) is 2.27. The number of fused-ring (bicyclic) bond motifs is 1. The van der Waals surface area contributed by atoms with Gasteiger partial charge in [0.25, 0.3) is 0 Å². The maximum atomic E-state index is 13.0. The fourth-order valence-electron chi connectivity index (χ4n) is 2.63. The summed E-state index contributed by atoms with van der Waals surface area (Å²) in [5.74, 6) is 1.47. The minimum atomic E-state index is -0.166. The van der Waals surface area contributed by atoms with Gasteiger partial charge >= 0.3 is 0 Å². The number of para-hydroxylation sites is 2. The molecule has 2 aromatic heterocycles. The maximum Gasteiger partial charge on any atom is 0.231 e. The van der Waals surface area contributed by atoms with E-state index in [0.29, 0.717) is 28.0 Å². The quantitative estimate of drug-likeness (QED) is 0.384. The summed E-state index contributed by atoms with van der Waals surface area (Å²) < 4.78 is 11.4. The van der Waals surface area contributed by atoms with Gasteiger partial charge in [-0.2, -0.15) is 0 Å². The van der Waals surface area contributed by atoms with Gasteiger partial charge in [-0.05, 0) is 37.3 Å². The van der Waals surface area contributed by atoms with Crippen molar-refractivity contribution >= 4 is 28.5 Å². The second kappa shape index (κ2) is 6.24. The van der Waals surface area contributed by atoms with Crippen LogP contribution in [0.2, 0.25) is 0 Å². The van der Waals surface area contributed by atoms with Gasteiger partial charge in [0.1, 0.15) is 17.0 Å². The summed E-state index contributed by atoms with van der Waals surface area (Å²) in [5, 5.41) is 0. The van der Waals surface area contributed by atoms with Crippen LogP contribution >= 0.6 is 0 Å². The molecule has 4 nitrogen and oxygen atoms in total. The minimum absolute atomic E-state index is 0.166. The first-order chi connectivity index (χ1) is 12.2. The number of hydrogen-bond donors (Lipinski definition) is 0. The smallest absolute Gasteiger partial charge is 0.231 e. The summed E-state index contributed by atoms with van der Waals surface area (Å²) in [6, 6.07) is 20.2. The first kappa shape index (κ1) is 15.1. The topological polar surface area (TPSA) is 56.2 Å². The number of carbonyl (C=O) groups is 1. The first-order valence-electron chi connectivity index (χ1n) is 7.94. The van der Waals surface area contributed by atoms with E-state index in [1.165, 1.54) is 0 Å². The Labute approximate surface area is 144 Å². The Bertz CT molecular complexity index is 1040. The molecule has 0 aliphatic rings. The first-order valence-corrected chi connectivity index (χ1v) is 7.94. The minimum Gasteiger partial charge on any atom is -0.462 e. The second-order valence-electron chi connectivity index (χ2n) is 5.69. The summed E-state index contributed by atoms with van der Waals surface area (Å²) in [6.07, 6.45) is 1.67. The van der Waals surface area contributed by atoms with E-state index in [0.717, 1.165) is 5.76 Å². The van der Waals surface area contributed by atoms with Crippen molar-refractivity contribution < 1.29 is 13.6 Å². The van der Waals surface area contributed by atoms with E-state index in [1.807, 2.05) is 61.5 Å². The SMILES string of the molecule is Cc1ccc(/C=C(/C(=O)c2ccccc2)c2nc3ccccc3o2)o1. The maximum absolute atomic E-state index is 13.0. The highest BCUT2D eigenvalue weighted by Crippen LogP contribution is 2.26. The van der Waals surface area contributed by atoms with Crippen molar-refractivity contribution in [2.45, 2.75) is 6.92 Å². The third-order valence-electron chi connectivity index (χ3n) is 3.85. The number of Topliss-reactive ketones (excluding diaryl/α,β-unsaturated/α-hetero) is 1. The molecule has 0 N–H and O–H groups in total. The summed E-state index contributed by atoms with van der Waals surface area (Å²) in [7, 11) is 0. The molecule has 0 saturated heterocycles. The van der Waals surface area contributed by atoms with Gasteiger partial charge in [-0.1, -0.05) is 42.5 Å². The lowest BCUT2D eigenvalue weighted by Crippen LogP contribution is -2.03. The van der Waals surface area contributed by atoms with Crippen molar-refractivity contribution in [3.63, 3.8) is 0 Å². The monoisotopic (exact) mass is 329 g/mol. The molecule has 4 rings (SSSR count). The van der Waals surface area contributed by atoms with E-state index >= 15 is 0 Å². The number of aryl methyl sites for hydroxylation is 1. The number of benzene rings is 2. The number of allylic oxidation sites excluding steroid dienone is 1. The van der Waals surface area contributed by atoms with E-state index in [9.17, 15) is 4.79 Å². The van der Waals surface area contributed by atoms with Gasteiger partial charge in [-0.3, -0.25) is 4.79 Å². The molecule has 4 heteroatoms. The van der Waals surface area contributed by atoms with Crippen LogP contribution in [0.5, 0.6) is 0 Å². The largest absolute Gasteiger partial charge is 0.462 e. The lowest BCUT2D eigenvalue weighted by atomic mass is 10.0. The van der Waals surface area contributed by atoms with Gasteiger partial charge in [0, 0.05) is 5.56 Å². The number of hydrogen-bond acceptors (Lipinski definition) is 4. The number of carbonyl (C=O) groups excluding carboxylic acids is 1. The van der Waals surface area contributed by atoms with Crippen LogP contribution in [-0.4, -0.2) is 10.8 Å². The average Bonchev–Trinajstić information content (AvgIpc) is 3.25. The molecule has 25 heavy (non-hydrogen) atoms. The number of ketones is 1. The van der Waals surface area contributed by atoms with Crippen molar-refractivity contribution in [2.24, 2.45) is 0 Å². The van der Waals surface area contributed by atoms with Gasteiger partial charge in [0.05, 0.1) is 5.57 Å². The van der Waals surface area contributed by atoms with Crippen LogP contribution in [0.4, 0.5) is 0 Å². The molecule has 0 bridgehead atoms. The van der Waals surface area contributed by atoms with Crippen molar-refractivity contribution in [2.75, 3.05) is 0 Å². The molecule has 2 heterocycles. The highest BCUT2D eigenvalue weighted by molar-refractivity contribution is 6.31. The Morgan fingerprint density at radius 1 is 0.920 bits per heavy atom. The second-order valence-corrected chi connectivity index (χ2v) is 5.69. The van der Waals surface area contributed by atoms with E-state index in [2.05, 4.69) is 4.98 Å². The Kier molecular flexibility index (Phi) is 3.78. The zero-order valence-corrected chi connectivity index (χ0v) is 13.6. The van der Waals surface area contributed by atoms with E-state index in [4.69, 9.17) is 8.83 Å². The van der Waals surface area contributed by atoms with E-state index < -0.39 is 0 Å². The average molecular weight is 329 g/mol. The highest BCUT2D eigenvalue weighted by atomic mass is 16.4. The molecule has 0 spiro atoms.